The zero-order chi connectivity index (χ0) is 32.2. The van der Waals surface area contributed by atoms with E-state index in [9.17, 15) is 18.0 Å². The molecule has 3 aromatic heterocycles. The molecule has 1 atom stereocenters. The number of amides is 1. The maximum absolute atomic E-state index is 16.0. The van der Waals surface area contributed by atoms with Crippen LogP contribution in [0.25, 0.3) is 28.0 Å². The van der Waals surface area contributed by atoms with Crippen LogP contribution in [-0.4, -0.2) is 95.7 Å². The van der Waals surface area contributed by atoms with Gasteiger partial charge in [-0.25, -0.2) is 27.2 Å². The molecule has 45 heavy (non-hydrogen) atoms. The molecule has 4 aromatic rings. The number of aromatic nitrogens is 4. The van der Waals surface area contributed by atoms with Crippen LogP contribution in [-0.2, 0) is 14.6 Å². The highest BCUT2D eigenvalue weighted by molar-refractivity contribution is 7.90. The number of fused-ring (bicyclic) bond motifs is 1. The van der Waals surface area contributed by atoms with Crippen molar-refractivity contribution in [3.05, 3.63) is 82.3 Å². The van der Waals surface area contributed by atoms with Gasteiger partial charge in [0.1, 0.15) is 17.3 Å². The molecule has 14 heteroatoms. The number of carbonyl (C=O) groups excluding carboxylic acids is 1. The van der Waals surface area contributed by atoms with Gasteiger partial charge < -0.3 is 14.7 Å². The third-order valence-electron chi connectivity index (χ3n) is 8.37. The van der Waals surface area contributed by atoms with E-state index in [0.29, 0.717) is 38.3 Å². The zero-order valence-corrected chi connectivity index (χ0v) is 26.5. The van der Waals surface area contributed by atoms with Crippen LogP contribution in [0.5, 0.6) is 0 Å². The molecule has 234 valence electrons. The van der Waals surface area contributed by atoms with Crippen LogP contribution in [0.3, 0.4) is 0 Å². The summed E-state index contributed by atoms with van der Waals surface area (Å²) >= 11 is 6.43. The Morgan fingerprint density at radius 1 is 1.16 bits per heavy atom. The minimum Gasteiger partial charge on any atom is -0.350 e. The Hall–Kier alpha value is -4.20. The molecule has 0 aliphatic carbocycles. The molecule has 0 unspecified atom stereocenters. The van der Waals surface area contributed by atoms with E-state index in [-0.39, 0.29) is 61.6 Å². The quantitative estimate of drug-likeness (QED) is 0.289. The number of halogens is 2. The number of nitrogens with zero attached hydrogens (tertiary/aromatic N) is 7. The standard InChI is InChI=1S/C31H31ClFN7O4S/c1-5-26(41)38-11-12-39(18(2)15-38)29-21-13-24(33)27(22-14-34-10-9-23(22)32)35-30(21)40(31(42)36-29)28-20(19-16-37(3)17-19)7-6-8-25(28)45(4,43)44/h5-10,13-14,18-19H,1,11-12,15-17H2,2-4H3/t18-/m0/s1. The number of piperazine rings is 1. The SMILES string of the molecule is C=CC(=O)N1CCN(c2nc(=O)n(-c3c(C4CN(C)C4)cccc3S(C)(=O)=O)c3nc(-c4cnccc4Cl)c(F)cc23)[C@@H](C)C1. The molecule has 0 bridgehead atoms. The second-order valence-corrected chi connectivity index (χ2v) is 13.9. The molecule has 0 N–H and O–H groups in total. The number of pyridine rings is 2. The normalized spacial score (nSPS) is 17.8. The summed E-state index contributed by atoms with van der Waals surface area (Å²) in [6.07, 6.45) is 5.17. The monoisotopic (exact) mass is 651 g/mol. The van der Waals surface area contributed by atoms with Crippen molar-refractivity contribution in [1.82, 2.24) is 29.3 Å². The number of carbonyl (C=O) groups is 1. The van der Waals surface area contributed by atoms with Gasteiger partial charge in [0.15, 0.2) is 15.5 Å². The van der Waals surface area contributed by atoms with E-state index < -0.39 is 21.3 Å². The Kier molecular flexibility index (Phi) is 7.96. The Bertz CT molecular complexity index is 2030. The van der Waals surface area contributed by atoms with E-state index in [0.717, 1.165) is 6.26 Å². The summed E-state index contributed by atoms with van der Waals surface area (Å²) in [4.78, 5) is 45.2. The van der Waals surface area contributed by atoms with E-state index in [1.54, 1.807) is 17.0 Å². The molecule has 11 nitrogen and oxygen atoms in total. The topological polar surface area (TPSA) is 122 Å². The van der Waals surface area contributed by atoms with Crippen LogP contribution in [0.1, 0.15) is 18.4 Å². The smallest absolute Gasteiger partial charge is 0.350 e. The average molecular weight is 652 g/mol. The summed E-state index contributed by atoms with van der Waals surface area (Å²) < 4.78 is 43.5. The first kappa shape index (κ1) is 30.8. The Morgan fingerprint density at radius 3 is 2.56 bits per heavy atom. The lowest BCUT2D eigenvalue weighted by atomic mass is 9.90. The molecular formula is C31H31ClFN7O4S. The Labute approximate surface area is 264 Å². The zero-order valence-electron chi connectivity index (χ0n) is 24.9. The number of rotatable bonds is 6. The summed E-state index contributed by atoms with van der Waals surface area (Å²) in [6.45, 7) is 7.72. The fourth-order valence-electron chi connectivity index (χ4n) is 6.17. The maximum Gasteiger partial charge on any atom is 0.355 e. The fraction of sp³-hybridized carbons (Fsp3) is 0.323. The number of likely N-dealkylation sites (tertiary alicyclic amines) is 1. The second-order valence-electron chi connectivity index (χ2n) is 11.5. The maximum atomic E-state index is 16.0. The molecule has 1 aromatic carbocycles. The van der Waals surface area contributed by atoms with E-state index in [2.05, 4.69) is 26.4 Å². The number of anilines is 1. The van der Waals surface area contributed by atoms with Crippen molar-refractivity contribution in [2.45, 2.75) is 23.8 Å². The van der Waals surface area contributed by atoms with Gasteiger partial charge in [0.25, 0.3) is 0 Å². The first-order valence-corrected chi connectivity index (χ1v) is 16.6. The minimum absolute atomic E-state index is 0.0168. The Morgan fingerprint density at radius 2 is 1.91 bits per heavy atom. The van der Waals surface area contributed by atoms with Gasteiger partial charge in [0, 0.05) is 68.9 Å². The molecule has 6 rings (SSSR count). The summed E-state index contributed by atoms with van der Waals surface area (Å²) in [6, 6.07) is 7.35. The molecule has 2 fully saturated rings. The van der Waals surface area contributed by atoms with Gasteiger partial charge in [0.2, 0.25) is 5.91 Å². The van der Waals surface area contributed by atoms with Crippen molar-refractivity contribution in [3.8, 4) is 16.9 Å². The van der Waals surface area contributed by atoms with Crippen molar-refractivity contribution in [1.29, 1.82) is 0 Å². The predicted molar refractivity (Wildman–Crippen MR) is 170 cm³/mol. The number of hydrogen-bond acceptors (Lipinski definition) is 9. The van der Waals surface area contributed by atoms with Gasteiger partial charge in [-0.1, -0.05) is 30.3 Å². The van der Waals surface area contributed by atoms with Gasteiger partial charge >= 0.3 is 5.69 Å². The molecule has 2 aliphatic rings. The van der Waals surface area contributed by atoms with Crippen molar-refractivity contribution < 1.29 is 17.6 Å². The van der Waals surface area contributed by atoms with Crippen molar-refractivity contribution in [2.24, 2.45) is 0 Å². The first-order valence-electron chi connectivity index (χ1n) is 14.3. The van der Waals surface area contributed by atoms with Crippen LogP contribution in [0.15, 0.2) is 65.1 Å². The summed E-state index contributed by atoms with van der Waals surface area (Å²) in [5.41, 5.74) is 0.0833. The highest BCUT2D eigenvalue weighted by atomic mass is 35.5. The lowest BCUT2D eigenvalue weighted by Gasteiger charge is -2.40. The fourth-order valence-corrected chi connectivity index (χ4v) is 7.25. The van der Waals surface area contributed by atoms with Crippen LogP contribution in [0.2, 0.25) is 5.02 Å². The number of likely N-dealkylation sites (N-methyl/N-ethyl adjacent to an activating group) is 1. The molecule has 2 saturated heterocycles. The van der Waals surface area contributed by atoms with Crippen molar-refractivity contribution in [3.63, 3.8) is 0 Å². The van der Waals surface area contributed by atoms with E-state index >= 15 is 4.39 Å². The van der Waals surface area contributed by atoms with Crippen LogP contribution in [0.4, 0.5) is 10.2 Å². The largest absolute Gasteiger partial charge is 0.355 e. The first-order chi connectivity index (χ1) is 21.4. The van der Waals surface area contributed by atoms with Crippen LogP contribution >= 0.6 is 11.6 Å². The van der Waals surface area contributed by atoms with Gasteiger partial charge in [-0.05, 0) is 43.8 Å². The average Bonchev–Trinajstić information content (AvgIpc) is 2.98. The van der Waals surface area contributed by atoms with Gasteiger partial charge in [-0.3, -0.25) is 9.78 Å². The highest BCUT2D eigenvalue weighted by Crippen LogP contribution is 2.38. The summed E-state index contributed by atoms with van der Waals surface area (Å²) in [5.74, 6) is -0.819. The van der Waals surface area contributed by atoms with Crippen molar-refractivity contribution >= 4 is 44.2 Å². The molecule has 2 aliphatic heterocycles. The number of hydrogen-bond donors (Lipinski definition) is 0. The molecule has 5 heterocycles. The molecule has 0 spiro atoms. The van der Waals surface area contributed by atoms with E-state index in [1.165, 1.54) is 41.2 Å². The number of sulfone groups is 1. The Balaban J connectivity index is 1.67. The third-order valence-corrected chi connectivity index (χ3v) is 9.83. The second kappa shape index (κ2) is 11.6. The summed E-state index contributed by atoms with van der Waals surface area (Å²) in [5, 5.41) is 0.400. The van der Waals surface area contributed by atoms with Gasteiger partial charge in [-0.2, -0.15) is 4.98 Å². The third kappa shape index (κ3) is 5.49. The highest BCUT2D eigenvalue weighted by Gasteiger charge is 2.34. The number of para-hydroxylation sites is 1. The molecular weight excluding hydrogens is 621 g/mol. The minimum atomic E-state index is -3.84. The number of benzene rings is 1. The van der Waals surface area contributed by atoms with Crippen LogP contribution in [0, 0.1) is 5.82 Å². The lowest BCUT2D eigenvalue weighted by Crippen LogP contribution is -2.54. The lowest BCUT2D eigenvalue weighted by molar-refractivity contribution is -0.126. The van der Waals surface area contributed by atoms with Gasteiger partial charge in [0.05, 0.1) is 21.0 Å². The van der Waals surface area contributed by atoms with Crippen LogP contribution < -0.4 is 10.6 Å². The molecule has 0 radical (unpaired) electrons. The van der Waals surface area contributed by atoms with E-state index in [1.807, 2.05) is 18.9 Å². The van der Waals surface area contributed by atoms with Crippen molar-refractivity contribution in [2.75, 3.05) is 50.9 Å². The van der Waals surface area contributed by atoms with E-state index in [4.69, 9.17) is 11.6 Å². The van der Waals surface area contributed by atoms with Gasteiger partial charge in [-0.15, -0.1) is 0 Å². The molecule has 0 saturated carbocycles. The predicted octanol–water partition coefficient (Wildman–Crippen LogP) is 3.29. The summed E-state index contributed by atoms with van der Waals surface area (Å²) in [7, 11) is -1.89. The molecule has 1 amide bonds.